The highest BCUT2D eigenvalue weighted by atomic mass is 16.6. The Labute approximate surface area is 191 Å². The molecule has 1 heterocycles. The van der Waals surface area contributed by atoms with Crippen LogP contribution in [-0.2, 0) is 0 Å². The van der Waals surface area contributed by atoms with Crippen LogP contribution in [-0.4, -0.2) is 22.3 Å². The van der Waals surface area contributed by atoms with E-state index in [1.807, 2.05) is 72.8 Å². The Morgan fingerprint density at radius 1 is 0.697 bits per heavy atom. The van der Waals surface area contributed by atoms with Crippen LogP contribution in [0.1, 0.15) is 15.9 Å². The minimum absolute atomic E-state index is 0.176. The number of aliphatic hydroxyl groups excluding tert-OH is 2. The van der Waals surface area contributed by atoms with Crippen molar-refractivity contribution in [1.82, 2.24) is 0 Å². The van der Waals surface area contributed by atoms with Crippen LogP contribution in [0.2, 0.25) is 0 Å². The van der Waals surface area contributed by atoms with Gasteiger partial charge in [-0.15, -0.1) is 0 Å². The van der Waals surface area contributed by atoms with E-state index in [9.17, 15) is 15.0 Å². The Morgan fingerprint density at radius 3 is 1.82 bits per heavy atom. The lowest BCUT2D eigenvalue weighted by molar-refractivity contribution is 0.00960. The Bertz CT molecular complexity index is 1280. The van der Waals surface area contributed by atoms with Gasteiger partial charge in [0.2, 0.25) is 6.29 Å². The zero-order valence-corrected chi connectivity index (χ0v) is 17.6. The predicted octanol–water partition coefficient (Wildman–Crippen LogP) is 6.02. The van der Waals surface area contributed by atoms with E-state index in [1.165, 1.54) is 0 Å². The first kappa shape index (κ1) is 20.5. The molecule has 5 heteroatoms. The van der Waals surface area contributed by atoms with E-state index >= 15 is 0 Å². The number of hydrogen-bond donors (Lipinski definition) is 2. The zero-order chi connectivity index (χ0) is 22.8. The highest BCUT2D eigenvalue weighted by Gasteiger charge is 2.32. The van der Waals surface area contributed by atoms with E-state index in [2.05, 4.69) is 4.90 Å². The van der Waals surface area contributed by atoms with E-state index in [0.717, 1.165) is 17.1 Å². The summed E-state index contributed by atoms with van der Waals surface area (Å²) in [5.74, 6) is -0.434. The molecule has 2 N–H and O–H groups in total. The lowest BCUT2D eigenvalue weighted by atomic mass is 9.96. The molecule has 0 bridgehead atoms. The van der Waals surface area contributed by atoms with Gasteiger partial charge in [0.1, 0.15) is 17.1 Å². The molecule has 0 aromatic heterocycles. The van der Waals surface area contributed by atoms with Crippen molar-refractivity contribution in [2.75, 3.05) is 4.90 Å². The number of benzene rings is 4. The molecule has 0 radical (unpaired) electrons. The first-order chi connectivity index (χ1) is 16.1. The van der Waals surface area contributed by atoms with Crippen LogP contribution in [0.3, 0.4) is 0 Å². The quantitative estimate of drug-likeness (QED) is 0.375. The van der Waals surface area contributed by atoms with Gasteiger partial charge in [0.15, 0.2) is 5.78 Å². The Hall–Kier alpha value is -4.35. The van der Waals surface area contributed by atoms with Crippen LogP contribution >= 0.6 is 0 Å². The van der Waals surface area contributed by atoms with Gasteiger partial charge in [-0.3, -0.25) is 4.79 Å². The number of fused-ring (bicyclic) bond motifs is 1. The van der Waals surface area contributed by atoms with Gasteiger partial charge in [-0.05, 0) is 60.7 Å². The number of aliphatic hydroxyl groups is 2. The summed E-state index contributed by atoms with van der Waals surface area (Å²) >= 11 is 0. The predicted molar refractivity (Wildman–Crippen MR) is 128 cm³/mol. The molecule has 4 aromatic carbocycles. The van der Waals surface area contributed by atoms with Crippen LogP contribution < -0.4 is 9.64 Å². The summed E-state index contributed by atoms with van der Waals surface area (Å²) in [6.45, 7) is 0. The van der Waals surface area contributed by atoms with Gasteiger partial charge in [0, 0.05) is 22.6 Å². The SMILES string of the molecule is O=C(C1=C(O)c2ccccc2OC1O)c1ccc(N(c2ccccc2)c2ccccc2)cc1. The molecule has 1 aliphatic heterocycles. The normalized spacial score (nSPS) is 14.9. The molecule has 0 saturated carbocycles. The summed E-state index contributed by atoms with van der Waals surface area (Å²) in [6.07, 6.45) is -1.54. The molecule has 1 aliphatic rings. The first-order valence-corrected chi connectivity index (χ1v) is 10.6. The van der Waals surface area contributed by atoms with Crippen LogP contribution in [0.5, 0.6) is 5.75 Å². The number of carbonyl (C=O) groups is 1. The first-order valence-electron chi connectivity index (χ1n) is 10.6. The van der Waals surface area contributed by atoms with E-state index in [4.69, 9.17) is 4.74 Å². The molecular weight excluding hydrogens is 414 g/mol. The molecule has 0 aliphatic carbocycles. The highest BCUT2D eigenvalue weighted by molar-refractivity contribution is 6.13. The van der Waals surface area contributed by atoms with Crippen molar-refractivity contribution in [1.29, 1.82) is 0 Å². The number of para-hydroxylation sites is 3. The second-order valence-corrected chi connectivity index (χ2v) is 7.61. The number of carbonyl (C=O) groups excluding carboxylic acids is 1. The van der Waals surface area contributed by atoms with Gasteiger partial charge in [-0.25, -0.2) is 0 Å². The Balaban J connectivity index is 1.51. The van der Waals surface area contributed by atoms with Crippen molar-refractivity contribution in [3.8, 4) is 5.75 Å². The number of rotatable bonds is 5. The highest BCUT2D eigenvalue weighted by Crippen LogP contribution is 2.37. The Kier molecular flexibility index (Phi) is 5.39. The van der Waals surface area contributed by atoms with E-state index in [-0.39, 0.29) is 11.3 Å². The fourth-order valence-electron chi connectivity index (χ4n) is 3.94. The third-order valence-corrected chi connectivity index (χ3v) is 5.54. The van der Waals surface area contributed by atoms with Crippen LogP contribution in [0.15, 0.2) is 115 Å². The molecule has 162 valence electrons. The molecule has 1 atom stereocenters. The van der Waals surface area contributed by atoms with Gasteiger partial charge < -0.3 is 19.8 Å². The fourth-order valence-corrected chi connectivity index (χ4v) is 3.94. The van der Waals surface area contributed by atoms with Crippen molar-refractivity contribution in [3.05, 3.63) is 126 Å². The minimum Gasteiger partial charge on any atom is -0.506 e. The lowest BCUT2D eigenvalue weighted by Crippen LogP contribution is -2.29. The summed E-state index contributed by atoms with van der Waals surface area (Å²) in [5.41, 5.74) is 3.37. The average molecular weight is 435 g/mol. The Morgan fingerprint density at radius 2 is 1.21 bits per heavy atom. The van der Waals surface area contributed by atoms with Crippen molar-refractivity contribution in [2.24, 2.45) is 0 Å². The molecular formula is C28H21NO4. The largest absolute Gasteiger partial charge is 0.506 e. The van der Waals surface area contributed by atoms with Crippen molar-refractivity contribution in [3.63, 3.8) is 0 Å². The maximum Gasteiger partial charge on any atom is 0.231 e. The van der Waals surface area contributed by atoms with Crippen LogP contribution in [0, 0.1) is 0 Å². The van der Waals surface area contributed by atoms with E-state index in [1.54, 1.807) is 36.4 Å². The maximum atomic E-state index is 13.2. The summed E-state index contributed by atoms with van der Waals surface area (Å²) in [7, 11) is 0. The third-order valence-electron chi connectivity index (χ3n) is 5.54. The van der Waals surface area contributed by atoms with Crippen LogP contribution in [0.25, 0.3) is 5.76 Å². The van der Waals surface area contributed by atoms with E-state index < -0.39 is 12.1 Å². The number of ketones is 1. The summed E-state index contributed by atoms with van der Waals surface area (Å²) in [4.78, 5) is 15.3. The van der Waals surface area contributed by atoms with Gasteiger partial charge >= 0.3 is 0 Å². The summed E-state index contributed by atoms with van der Waals surface area (Å²) in [6, 6.07) is 33.7. The smallest absolute Gasteiger partial charge is 0.231 e. The van der Waals surface area contributed by atoms with Gasteiger partial charge in [-0.2, -0.15) is 0 Å². The molecule has 0 saturated heterocycles. The number of hydrogen-bond acceptors (Lipinski definition) is 5. The fraction of sp³-hybridized carbons (Fsp3) is 0.0357. The van der Waals surface area contributed by atoms with Crippen molar-refractivity contribution >= 4 is 28.6 Å². The summed E-state index contributed by atoms with van der Waals surface area (Å²) < 4.78 is 5.44. The molecule has 1 unspecified atom stereocenters. The third kappa shape index (κ3) is 3.86. The van der Waals surface area contributed by atoms with Crippen molar-refractivity contribution in [2.45, 2.75) is 6.29 Å². The second kappa shape index (κ2) is 8.65. The standard InChI is InChI=1S/C28H21NO4/c30-26(25-27(31)23-13-7-8-14-24(23)33-28(25)32)19-15-17-22(18-16-19)29(20-9-3-1-4-10-20)21-11-5-2-6-12-21/h1-18,28,31-32H. The number of anilines is 3. The molecule has 5 rings (SSSR count). The van der Waals surface area contributed by atoms with Gasteiger partial charge in [0.05, 0.1) is 5.56 Å². The molecule has 0 fully saturated rings. The minimum atomic E-state index is -1.54. The zero-order valence-electron chi connectivity index (χ0n) is 17.6. The lowest BCUT2D eigenvalue weighted by Gasteiger charge is -2.26. The molecule has 33 heavy (non-hydrogen) atoms. The number of ether oxygens (including phenoxy) is 1. The molecule has 5 nitrogen and oxygen atoms in total. The molecule has 4 aromatic rings. The maximum absolute atomic E-state index is 13.2. The van der Waals surface area contributed by atoms with Gasteiger partial charge in [-0.1, -0.05) is 48.5 Å². The second-order valence-electron chi connectivity index (χ2n) is 7.61. The van der Waals surface area contributed by atoms with Gasteiger partial charge in [0.25, 0.3) is 0 Å². The number of nitrogens with zero attached hydrogens (tertiary/aromatic N) is 1. The van der Waals surface area contributed by atoms with E-state index in [0.29, 0.717) is 16.9 Å². The summed E-state index contributed by atoms with van der Waals surface area (Å²) in [5, 5.41) is 21.1. The van der Waals surface area contributed by atoms with Crippen molar-refractivity contribution < 1.29 is 19.7 Å². The molecule has 0 amide bonds. The monoisotopic (exact) mass is 435 g/mol. The molecule has 0 spiro atoms. The number of Topliss-reactive ketones (excluding diaryl/α,β-unsaturated/α-hetero) is 1. The topological polar surface area (TPSA) is 70.0 Å². The average Bonchev–Trinajstić information content (AvgIpc) is 2.86. The van der Waals surface area contributed by atoms with Crippen LogP contribution in [0.4, 0.5) is 17.1 Å².